The van der Waals surface area contributed by atoms with Crippen molar-refractivity contribution in [2.45, 2.75) is 98.2 Å². The zero-order valence-electron chi connectivity index (χ0n) is 22.6. The number of methoxy groups -OCH3 is 1. The molecular formula is C30H46O5. The maximum Gasteiger partial charge on any atom is 0.312 e. The van der Waals surface area contributed by atoms with Gasteiger partial charge in [-0.25, -0.2) is 0 Å². The van der Waals surface area contributed by atoms with Crippen molar-refractivity contribution >= 4 is 11.8 Å². The van der Waals surface area contributed by atoms with Crippen LogP contribution in [0, 0.1) is 46.3 Å². The Labute approximate surface area is 211 Å². The Morgan fingerprint density at radius 2 is 1.86 bits per heavy atom. The van der Waals surface area contributed by atoms with Crippen LogP contribution in [0.25, 0.3) is 0 Å². The first kappa shape index (κ1) is 26.6. The maximum atomic E-state index is 13.7. The van der Waals surface area contributed by atoms with E-state index in [0.717, 1.165) is 49.7 Å². The summed E-state index contributed by atoms with van der Waals surface area (Å²) < 4.78 is 4.88. The summed E-state index contributed by atoms with van der Waals surface area (Å²) in [4.78, 5) is 25.5. The number of esters is 1. The molecule has 0 radical (unpaired) electrons. The van der Waals surface area contributed by atoms with Crippen LogP contribution in [0.5, 0.6) is 0 Å². The van der Waals surface area contributed by atoms with E-state index in [9.17, 15) is 19.8 Å². The molecule has 196 valence electrons. The Kier molecular flexibility index (Phi) is 7.18. The maximum absolute atomic E-state index is 13.7. The lowest BCUT2D eigenvalue weighted by Crippen LogP contribution is -2.55. The molecule has 4 aliphatic carbocycles. The number of aliphatic hydroxyl groups excluding tert-OH is 2. The second-order valence-corrected chi connectivity index (χ2v) is 12.8. The Balaban J connectivity index is 1.57. The van der Waals surface area contributed by atoms with Crippen LogP contribution in [0.15, 0.2) is 23.3 Å². The van der Waals surface area contributed by atoms with Crippen molar-refractivity contribution in [1.82, 2.24) is 0 Å². The van der Waals surface area contributed by atoms with Crippen LogP contribution in [0.1, 0.15) is 86.0 Å². The predicted octanol–water partition coefficient (Wildman–Crippen LogP) is 5.25. The van der Waals surface area contributed by atoms with E-state index in [1.54, 1.807) is 0 Å². The highest BCUT2D eigenvalue weighted by molar-refractivity contribution is 5.98. The first-order chi connectivity index (χ1) is 16.4. The van der Waals surface area contributed by atoms with E-state index >= 15 is 0 Å². The van der Waals surface area contributed by atoms with Crippen molar-refractivity contribution in [3.63, 3.8) is 0 Å². The number of aliphatic hydroxyl groups is 2. The molecule has 0 aliphatic heterocycles. The van der Waals surface area contributed by atoms with Crippen LogP contribution in [0.4, 0.5) is 0 Å². The summed E-state index contributed by atoms with van der Waals surface area (Å²) in [6.07, 6.45) is 5.60. The summed E-state index contributed by atoms with van der Waals surface area (Å²) in [7, 11) is 1.41. The number of ketones is 1. The molecule has 0 aromatic carbocycles. The van der Waals surface area contributed by atoms with Crippen LogP contribution in [0.3, 0.4) is 0 Å². The molecule has 0 aromatic rings. The second-order valence-electron chi connectivity index (χ2n) is 12.8. The summed E-state index contributed by atoms with van der Waals surface area (Å²) >= 11 is 0. The summed E-state index contributed by atoms with van der Waals surface area (Å²) in [5.74, 6) is 0.765. The molecule has 0 bridgehead atoms. The van der Waals surface area contributed by atoms with Crippen LogP contribution in [-0.4, -0.2) is 41.3 Å². The van der Waals surface area contributed by atoms with Crippen LogP contribution in [0.2, 0.25) is 0 Å². The van der Waals surface area contributed by atoms with Gasteiger partial charge < -0.3 is 14.9 Å². The Hall–Kier alpha value is -1.46. The third kappa shape index (κ3) is 4.05. The van der Waals surface area contributed by atoms with Gasteiger partial charge in [0.25, 0.3) is 0 Å². The minimum atomic E-state index is -0.469. The number of carbonyl (C=O) groups excluding carboxylic acids is 2. The zero-order chi connectivity index (χ0) is 25.9. The lowest BCUT2D eigenvalue weighted by Gasteiger charge is -2.57. The molecule has 5 heteroatoms. The standard InChI is InChI=1S/C30H46O5/c1-16(18(3)28(34)35-7)8-9-17(2)20-10-11-21-27-23(15-26(33)30(20,21)6)29(5)13-12-24(31)19(4)22(29)14-25(27)32/h17-22,24,26,31,33H,1,8-15H2,2-7H3. The van der Waals surface area contributed by atoms with E-state index in [4.69, 9.17) is 4.74 Å². The van der Waals surface area contributed by atoms with Gasteiger partial charge in [-0.2, -0.15) is 0 Å². The van der Waals surface area contributed by atoms with Gasteiger partial charge in [-0.1, -0.05) is 45.4 Å². The molecule has 2 saturated carbocycles. The molecule has 0 amide bonds. The molecule has 4 aliphatic rings. The van der Waals surface area contributed by atoms with Gasteiger partial charge in [0, 0.05) is 11.8 Å². The van der Waals surface area contributed by atoms with Gasteiger partial charge in [-0.05, 0) is 92.4 Å². The Bertz CT molecular complexity index is 920. The van der Waals surface area contributed by atoms with Gasteiger partial charge in [-0.15, -0.1) is 0 Å². The average molecular weight is 487 g/mol. The molecule has 10 atom stereocenters. The van der Waals surface area contributed by atoms with Crippen molar-refractivity contribution in [2.24, 2.45) is 46.3 Å². The largest absolute Gasteiger partial charge is 0.469 e. The predicted molar refractivity (Wildman–Crippen MR) is 136 cm³/mol. The van der Waals surface area contributed by atoms with E-state index in [1.807, 2.05) is 6.92 Å². The lowest BCUT2D eigenvalue weighted by molar-refractivity contribution is -0.143. The molecule has 5 nitrogen and oxygen atoms in total. The summed E-state index contributed by atoms with van der Waals surface area (Å²) in [5, 5.41) is 22.2. The van der Waals surface area contributed by atoms with Crippen LogP contribution >= 0.6 is 0 Å². The highest BCUT2D eigenvalue weighted by Crippen LogP contribution is 2.65. The monoisotopic (exact) mass is 486 g/mol. The number of hydrogen-bond donors (Lipinski definition) is 2. The topological polar surface area (TPSA) is 83.8 Å². The van der Waals surface area contributed by atoms with Crippen molar-refractivity contribution in [3.05, 3.63) is 23.3 Å². The van der Waals surface area contributed by atoms with E-state index < -0.39 is 6.10 Å². The fraction of sp³-hybridized carbons (Fsp3) is 0.800. The van der Waals surface area contributed by atoms with Crippen molar-refractivity contribution in [1.29, 1.82) is 0 Å². The highest BCUT2D eigenvalue weighted by atomic mass is 16.5. The fourth-order valence-corrected chi connectivity index (χ4v) is 8.71. The van der Waals surface area contributed by atoms with Crippen molar-refractivity contribution in [2.75, 3.05) is 7.11 Å². The minimum Gasteiger partial charge on any atom is -0.469 e. The Morgan fingerprint density at radius 1 is 1.17 bits per heavy atom. The molecule has 4 rings (SSSR count). The highest BCUT2D eigenvalue weighted by Gasteiger charge is 2.61. The lowest BCUT2D eigenvalue weighted by atomic mass is 9.48. The molecule has 0 aromatic heterocycles. The van der Waals surface area contributed by atoms with E-state index in [1.165, 1.54) is 12.7 Å². The van der Waals surface area contributed by atoms with Gasteiger partial charge in [0.1, 0.15) is 0 Å². The normalized spacial score (nSPS) is 42.6. The summed E-state index contributed by atoms with van der Waals surface area (Å²) in [5.41, 5.74) is 2.73. The third-order valence-electron chi connectivity index (χ3n) is 11.3. The zero-order valence-corrected chi connectivity index (χ0v) is 22.6. The van der Waals surface area contributed by atoms with E-state index in [0.29, 0.717) is 24.7 Å². The number of hydrogen-bond acceptors (Lipinski definition) is 5. The van der Waals surface area contributed by atoms with Gasteiger partial charge in [0.15, 0.2) is 5.78 Å². The molecule has 2 fully saturated rings. The summed E-state index contributed by atoms with van der Waals surface area (Å²) in [6, 6.07) is 0. The minimum absolute atomic E-state index is 0.102. The first-order valence-electron chi connectivity index (χ1n) is 13.8. The van der Waals surface area contributed by atoms with Crippen molar-refractivity contribution in [3.8, 4) is 0 Å². The average Bonchev–Trinajstić information content (AvgIpc) is 3.19. The third-order valence-corrected chi connectivity index (χ3v) is 11.3. The number of carbonyl (C=O) groups is 2. The Morgan fingerprint density at radius 3 is 2.51 bits per heavy atom. The molecule has 0 heterocycles. The quantitative estimate of drug-likeness (QED) is 0.396. The van der Waals surface area contributed by atoms with Gasteiger partial charge in [-0.3, -0.25) is 9.59 Å². The van der Waals surface area contributed by atoms with Gasteiger partial charge >= 0.3 is 5.97 Å². The van der Waals surface area contributed by atoms with Gasteiger partial charge in [0.2, 0.25) is 0 Å². The SMILES string of the molecule is C=C(CCC(C)C1CCC2C3=C(CC(O)C21C)C1(C)CCC(O)C(C)C1CC3=O)C(C)C(=O)OC. The smallest absolute Gasteiger partial charge is 0.312 e. The van der Waals surface area contributed by atoms with E-state index in [-0.39, 0.29) is 52.4 Å². The number of Topliss-reactive ketones (excluding diaryl/α,β-unsaturated/α-hetero) is 1. The number of allylic oxidation sites excluding steroid dienone is 1. The van der Waals surface area contributed by atoms with E-state index in [2.05, 4.69) is 34.3 Å². The molecule has 0 spiro atoms. The molecule has 0 saturated heterocycles. The van der Waals surface area contributed by atoms with Crippen molar-refractivity contribution < 1.29 is 24.5 Å². The fourth-order valence-electron chi connectivity index (χ4n) is 8.71. The second kappa shape index (κ2) is 9.45. The number of rotatable bonds is 6. The number of ether oxygens (including phenoxy) is 1. The van der Waals surface area contributed by atoms with Crippen LogP contribution < -0.4 is 0 Å². The first-order valence-corrected chi connectivity index (χ1v) is 13.8. The molecule has 35 heavy (non-hydrogen) atoms. The van der Waals surface area contributed by atoms with Crippen LogP contribution in [-0.2, 0) is 14.3 Å². The number of fused-ring (bicyclic) bond motifs is 4. The summed E-state index contributed by atoms with van der Waals surface area (Å²) in [6.45, 7) is 14.9. The molecule has 10 unspecified atom stereocenters. The molecule has 2 N–H and O–H groups in total. The molecular weight excluding hydrogens is 440 g/mol. The van der Waals surface area contributed by atoms with Gasteiger partial charge in [0.05, 0.1) is 25.2 Å².